The largest absolute Gasteiger partial charge is 0.298 e. The van der Waals surface area contributed by atoms with Crippen LogP contribution in [-0.4, -0.2) is 11.5 Å². The fourth-order valence-corrected chi connectivity index (χ4v) is 2.70. The van der Waals surface area contributed by atoms with Crippen molar-refractivity contribution in [2.45, 2.75) is 11.3 Å². The van der Waals surface area contributed by atoms with E-state index in [0.29, 0.717) is 4.90 Å². The van der Waals surface area contributed by atoms with E-state index in [0.717, 1.165) is 11.8 Å². The Labute approximate surface area is 125 Å². The maximum atomic E-state index is 13.5. The van der Waals surface area contributed by atoms with Crippen LogP contribution >= 0.6 is 23.4 Å². The van der Waals surface area contributed by atoms with Crippen LogP contribution in [0.15, 0.2) is 47.4 Å². The average Bonchev–Trinajstić information content (AvgIpc) is 2.42. The summed E-state index contributed by atoms with van der Waals surface area (Å²) in [6, 6.07) is 10.5. The summed E-state index contributed by atoms with van der Waals surface area (Å²) in [5.41, 5.74) is 0.188. The molecule has 0 unspecified atom stereocenters. The summed E-state index contributed by atoms with van der Waals surface area (Å²) in [5.74, 6) is -0.993. The molecule has 0 N–H and O–H groups in total. The predicted molar refractivity (Wildman–Crippen MR) is 77.2 cm³/mol. The van der Waals surface area contributed by atoms with Crippen LogP contribution in [0, 0.1) is 11.6 Å². The molecule has 0 bridgehead atoms. The van der Waals surface area contributed by atoms with Gasteiger partial charge in [-0.05, 0) is 24.3 Å². The molecule has 2 rings (SSSR count). The number of halogens is 3. The Morgan fingerprint density at radius 2 is 1.75 bits per heavy atom. The van der Waals surface area contributed by atoms with Crippen molar-refractivity contribution in [2.75, 3.05) is 5.75 Å². The summed E-state index contributed by atoms with van der Waals surface area (Å²) in [6.45, 7) is 0. The highest BCUT2D eigenvalue weighted by molar-refractivity contribution is 8.00. The number of hydrogen-bond acceptors (Lipinski definition) is 2. The standard InChI is InChI=1S/C15H11ClF2OS/c16-12-4-3-6-13(17)11(12)8-10(19)9-20-15-7-2-1-5-14(15)18/h1-7H,8-9H2. The fraction of sp³-hybridized carbons (Fsp3) is 0.133. The Bertz CT molecular complexity index is 611. The van der Waals surface area contributed by atoms with Crippen LogP contribution in [0.5, 0.6) is 0 Å². The maximum absolute atomic E-state index is 13.5. The summed E-state index contributed by atoms with van der Waals surface area (Å²) in [7, 11) is 0. The molecule has 0 aliphatic rings. The molecule has 0 aliphatic carbocycles. The molecule has 0 heterocycles. The number of rotatable bonds is 5. The van der Waals surface area contributed by atoms with Crippen LogP contribution in [0.25, 0.3) is 0 Å². The van der Waals surface area contributed by atoms with Crippen molar-refractivity contribution in [2.24, 2.45) is 0 Å². The minimum Gasteiger partial charge on any atom is -0.298 e. The Morgan fingerprint density at radius 1 is 1.05 bits per heavy atom. The number of carbonyl (C=O) groups excluding carboxylic acids is 1. The van der Waals surface area contributed by atoms with Crippen LogP contribution in [0.2, 0.25) is 5.02 Å². The monoisotopic (exact) mass is 312 g/mol. The van der Waals surface area contributed by atoms with E-state index in [9.17, 15) is 13.6 Å². The lowest BCUT2D eigenvalue weighted by atomic mass is 10.1. The molecule has 0 saturated heterocycles. The molecule has 0 aromatic heterocycles. The third kappa shape index (κ3) is 3.81. The Morgan fingerprint density at radius 3 is 2.45 bits per heavy atom. The zero-order valence-electron chi connectivity index (χ0n) is 10.4. The van der Waals surface area contributed by atoms with E-state index in [1.54, 1.807) is 18.2 Å². The summed E-state index contributed by atoms with van der Waals surface area (Å²) in [6.07, 6.45) is -0.0903. The third-order valence-electron chi connectivity index (χ3n) is 2.66. The van der Waals surface area contributed by atoms with Crippen molar-refractivity contribution >= 4 is 29.1 Å². The minimum atomic E-state index is -0.498. The molecule has 0 spiro atoms. The molecule has 0 aliphatic heterocycles. The van der Waals surface area contributed by atoms with Gasteiger partial charge in [0.2, 0.25) is 0 Å². The maximum Gasteiger partial charge on any atom is 0.147 e. The summed E-state index contributed by atoms with van der Waals surface area (Å²) < 4.78 is 26.9. The highest BCUT2D eigenvalue weighted by Gasteiger charge is 2.13. The van der Waals surface area contributed by atoms with Crippen molar-refractivity contribution in [1.29, 1.82) is 0 Å². The number of benzene rings is 2. The van der Waals surface area contributed by atoms with E-state index in [-0.39, 0.29) is 34.4 Å². The Hall–Kier alpha value is -1.39. The zero-order valence-corrected chi connectivity index (χ0v) is 12.0. The molecule has 5 heteroatoms. The van der Waals surface area contributed by atoms with Crippen molar-refractivity contribution in [3.05, 3.63) is 64.7 Å². The molecule has 0 atom stereocenters. The number of ketones is 1. The number of carbonyl (C=O) groups is 1. The Balaban J connectivity index is 1.98. The van der Waals surface area contributed by atoms with E-state index < -0.39 is 5.82 Å². The van der Waals surface area contributed by atoms with Crippen molar-refractivity contribution in [3.8, 4) is 0 Å². The van der Waals surface area contributed by atoms with Crippen LogP contribution in [0.3, 0.4) is 0 Å². The molecule has 2 aromatic rings. The third-order valence-corrected chi connectivity index (χ3v) is 4.12. The molecule has 1 nitrogen and oxygen atoms in total. The van der Waals surface area contributed by atoms with Gasteiger partial charge < -0.3 is 0 Å². The zero-order chi connectivity index (χ0) is 14.5. The van der Waals surface area contributed by atoms with Gasteiger partial charge >= 0.3 is 0 Å². The lowest BCUT2D eigenvalue weighted by molar-refractivity contribution is -0.116. The lowest BCUT2D eigenvalue weighted by Crippen LogP contribution is -2.08. The van der Waals surface area contributed by atoms with Gasteiger partial charge in [-0.2, -0.15) is 0 Å². The second-order valence-electron chi connectivity index (χ2n) is 4.13. The van der Waals surface area contributed by atoms with Gasteiger partial charge in [0.1, 0.15) is 17.4 Å². The fourth-order valence-electron chi connectivity index (χ4n) is 1.67. The molecule has 0 radical (unpaired) electrons. The van der Waals surface area contributed by atoms with Gasteiger partial charge in [-0.25, -0.2) is 8.78 Å². The average molecular weight is 313 g/mol. The summed E-state index contributed by atoms with van der Waals surface area (Å²) >= 11 is 6.95. The molecular formula is C15H11ClF2OS. The van der Waals surface area contributed by atoms with Gasteiger partial charge in [0.05, 0.1) is 5.75 Å². The van der Waals surface area contributed by atoms with Gasteiger partial charge in [0, 0.05) is 21.9 Å². The van der Waals surface area contributed by atoms with E-state index in [4.69, 9.17) is 11.6 Å². The van der Waals surface area contributed by atoms with Crippen molar-refractivity contribution in [1.82, 2.24) is 0 Å². The van der Waals surface area contributed by atoms with Gasteiger partial charge in [0.15, 0.2) is 0 Å². The molecular weight excluding hydrogens is 302 g/mol. The van der Waals surface area contributed by atoms with E-state index in [1.165, 1.54) is 24.3 Å². The van der Waals surface area contributed by atoms with Crippen LogP contribution < -0.4 is 0 Å². The first kappa shape index (κ1) is 15.0. The molecule has 2 aromatic carbocycles. The Kier molecular flexibility index (Phi) is 5.15. The van der Waals surface area contributed by atoms with Gasteiger partial charge in [-0.15, -0.1) is 11.8 Å². The minimum absolute atomic E-state index is 0.0750. The molecule has 0 fully saturated rings. The van der Waals surface area contributed by atoms with Crippen molar-refractivity contribution in [3.63, 3.8) is 0 Å². The number of thioether (sulfide) groups is 1. The van der Waals surface area contributed by atoms with E-state index in [2.05, 4.69) is 0 Å². The van der Waals surface area contributed by atoms with Crippen LogP contribution in [-0.2, 0) is 11.2 Å². The first-order chi connectivity index (χ1) is 9.58. The van der Waals surface area contributed by atoms with E-state index in [1.807, 2.05) is 0 Å². The van der Waals surface area contributed by atoms with Gasteiger partial charge in [-0.1, -0.05) is 29.8 Å². The van der Waals surface area contributed by atoms with Crippen molar-refractivity contribution < 1.29 is 13.6 Å². The lowest BCUT2D eigenvalue weighted by Gasteiger charge is -2.05. The quantitative estimate of drug-likeness (QED) is 0.755. The first-order valence-electron chi connectivity index (χ1n) is 5.90. The highest BCUT2D eigenvalue weighted by atomic mass is 35.5. The second kappa shape index (κ2) is 6.86. The first-order valence-corrected chi connectivity index (χ1v) is 7.26. The topological polar surface area (TPSA) is 17.1 Å². The van der Waals surface area contributed by atoms with Gasteiger partial charge in [-0.3, -0.25) is 4.79 Å². The smallest absolute Gasteiger partial charge is 0.147 e. The predicted octanol–water partition coefficient (Wildman–Crippen LogP) is 4.52. The molecule has 20 heavy (non-hydrogen) atoms. The van der Waals surface area contributed by atoms with Gasteiger partial charge in [0.25, 0.3) is 0 Å². The van der Waals surface area contributed by atoms with E-state index >= 15 is 0 Å². The second-order valence-corrected chi connectivity index (χ2v) is 5.56. The number of Topliss-reactive ketones (excluding diaryl/α,β-unsaturated/α-hetero) is 1. The van der Waals surface area contributed by atoms with Crippen LogP contribution in [0.4, 0.5) is 8.78 Å². The SMILES string of the molecule is O=C(CSc1ccccc1F)Cc1c(F)cccc1Cl. The molecule has 0 saturated carbocycles. The molecule has 0 amide bonds. The molecule has 104 valence electrons. The highest BCUT2D eigenvalue weighted by Crippen LogP contribution is 2.23. The normalized spacial score (nSPS) is 10.6. The number of hydrogen-bond donors (Lipinski definition) is 0. The summed E-state index contributed by atoms with van der Waals surface area (Å²) in [4.78, 5) is 12.2. The van der Waals surface area contributed by atoms with Crippen LogP contribution in [0.1, 0.15) is 5.56 Å². The summed E-state index contributed by atoms with van der Waals surface area (Å²) in [5, 5.41) is 0.231.